The van der Waals surface area contributed by atoms with Crippen LogP contribution in [0.15, 0.2) is 36.5 Å². The number of carbonyl (C=O) groups is 2. The molecule has 1 aromatic carbocycles. The van der Waals surface area contributed by atoms with E-state index in [4.69, 9.17) is 5.11 Å². The zero-order valence-electron chi connectivity index (χ0n) is 13.7. The first kappa shape index (κ1) is 17.6. The SMILES string of the molecule is Cc1nc(-c2ccccc2)ncc1C(=O)NCCCCCC(=O)O. The fourth-order valence-corrected chi connectivity index (χ4v) is 2.29. The van der Waals surface area contributed by atoms with Gasteiger partial charge in [0, 0.05) is 24.7 Å². The molecule has 6 heteroatoms. The van der Waals surface area contributed by atoms with Gasteiger partial charge < -0.3 is 10.4 Å². The van der Waals surface area contributed by atoms with E-state index in [0.29, 0.717) is 30.0 Å². The molecule has 1 aromatic heterocycles. The molecular formula is C18H21N3O3. The van der Waals surface area contributed by atoms with Crippen LogP contribution >= 0.6 is 0 Å². The number of carboxylic acids is 1. The molecule has 1 heterocycles. The van der Waals surface area contributed by atoms with Gasteiger partial charge in [-0.1, -0.05) is 36.8 Å². The molecule has 24 heavy (non-hydrogen) atoms. The summed E-state index contributed by atoms with van der Waals surface area (Å²) < 4.78 is 0. The van der Waals surface area contributed by atoms with Crippen LogP contribution in [-0.2, 0) is 4.79 Å². The van der Waals surface area contributed by atoms with Crippen LogP contribution in [-0.4, -0.2) is 33.5 Å². The van der Waals surface area contributed by atoms with Crippen molar-refractivity contribution < 1.29 is 14.7 Å². The number of nitrogens with zero attached hydrogens (tertiary/aromatic N) is 2. The molecule has 6 nitrogen and oxygen atoms in total. The fourth-order valence-electron chi connectivity index (χ4n) is 2.29. The number of rotatable bonds is 8. The van der Waals surface area contributed by atoms with Crippen molar-refractivity contribution in [2.45, 2.75) is 32.6 Å². The maximum absolute atomic E-state index is 12.2. The van der Waals surface area contributed by atoms with Gasteiger partial charge in [-0.15, -0.1) is 0 Å². The highest BCUT2D eigenvalue weighted by atomic mass is 16.4. The Morgan fingerprint density at radius 1 is 1.12 bits per heavy atom. The third kappa shape index (κ3) is 5.15. The highest BCUT2D eigenvalue weighted by Gasteiger charge is 2.12. The molecule has 0 atom stereocenters. The van der Waals surface area contributed by atoms with E-state index in [1.165, 1.54) is 0 Å². The Kier molecular flexibility index (Phi) is 6.42. The van der Waals surface area contributed by atoms with Crippen molar-refractivity contribution in [3.63, 3.8) is 0 Å². The van der Waals surface area contributed by atoms with Crippen LogP contribution in [0.25, 0.3) is 11.4 Å². The van der Waals surface area contributed by atoms with Crippen molar-refractivity contribution >= 4 is 11.9 Å². The van der Waals surface area contributed by atoms with Gasteiger partial charge >= 0.3 is 5.97 Å². The molecule has 2 aromatic rings. The second-order valence-electron chi connectivity index (χ2n) is 5.52. The lowest BCUT2D eigenvalue weighted by molar-refractivity contribution is -0.137. The van der Waals surface area contributed by atoms with Crippen molar-refractivity contribution in [1.29, 1.82) is 0 Å². The average molecular weight is 327 g/mol. The van der Waals surface area contributed by atoms with Crippen LogP contribution in [0, 0.1) is 6.92 Å². The van der Waals surface area contributed by atoms with Gasteiger partial charge in [0.25, 0.3) is 5.91 Å². The van der Waals surface area contributed by atoms with Gasteiger partial charge in [0.15, 0.2) is 5.82 Å². The minimum Gasteiger partial charge on any atom is -0.481 e. The van der Waals surface area contributed by atoms with E-state index < -0.39 is 5.97 Å². The van der Waals surface area contributed by atoms with Gasteiger partial charge in [-0.3, -0.25) is 9.59 Å². The van der Waals surface area contributed by atoms with Crippen molar-refractivity contribution in [3.05, 3.63) is 47.8 Å². The highest BCUT2D eigenvalue weighted by Crippen LogP contribution is 2.15. The predicted molar refractivity (Wildman–Crippen MR) is 90.6 cm³/mol. The maximum atomic E-state index is 12.2. The van der Waals surface area contributed by atoms with E-state index in [9.17, 15) is 9.59 Å². The molecule has 2 rings (SSSR count). The summed E-state index contributed by atoms with van der Waals surface area (Å²) in [4.78, 5) is 31.3. The Balaban J connectivity index is 1.87. The molecule has 0 saturated heterocycles. The summed E-state index contributed by atoms with van der Waals surface area (Å²) in [6.07, 6.45) is 3.86. The monoisotopic (exact) mass is 327 g/mol. The summed E-state index contributed by atoms with van der Waals surface area (Å²) in [6, 6.07) is 9.60. The van der Waals surface area contributed by atoms with Crippen molar-refractivity contribution in [1.82, 2.24) is 15.3 Å². The molecular weight excluding hydrogens is 306 g/mol. The van der Waals surface area contributed by atoms with E-state index in [2.05, 4.69) is 15.3 Å². The second-order valence-corrected chi connectivity index (χ2v) is 5.52. The number of aliphatic carboxylic acids is 1. The Bertz CT molecular complexity index is 702. The number of benzene rings is 1. The molecule has 0 aliphatic heterocycles. The summed E-state index contributed by atoms with van der Waals surface area (Å²) in [7, 11) is 0. The van der Waals surface area contributed by atoms with Gasteiger partial charge in [-0.05, 0) is 19.8 Å². The van der Waals surface area contributed by atoms with E-state index in [0.717, 1.165) is 18.4 Å². The summed E-state index contributed by atoms with van der Waals surface area (Å²) >= 11 is 0. The normalized spacial score (nSPS) is 10.4. The second kappa shape index (κ2) is 8.76. The van der Waals surface area contributed by atoms with Gasteiger partial charge in [0.05, 0.1) is 11.3 Å². The number of carboxylic acid groups (broad SMARTS) is 1. The topological polar surface area (TPSA) is 92.2 Å². The van der Waals surface area contributed by atoms with Crippen LogP contribution in [0.4, 0.5) is 0 Å². The number of aryl methyl sites for hydroxylation is 1. The molecule has 0 fully saturated rings. The Morgan fingerprint density at radius 2 is 1.88 bits per heavy atom. The van der Waals surface area contributed by atoms with Crippen LogP contribution in [0.2, 0.25) is 0 Å². The number of carbonyl (C=O) groups excluding carboxylic acids is 1. The van der Waals surface area contributed by atoms with Crippen LogP contribution < -0.4 is 5.32 Å². The Hall–Kier alpha value is -2.76. The van der Waals surface area contributed by atoms with Crippen molar-refractivity contribution in [3.8, 4) is 11.4 Å². The van der Waals surface area contributed by atoms with Gasteiger partial charge in [-0.25, -0.2) is 9.97 Å². The largest absolute Gasteiger partial charge is 0.481 e. The molecule has 0 radical (unpaired) electrons. The first-order valence-corrected chi connectivity index (χ1v) is 7.97. The summed E-state index contributed by atoms with van der Waals surface area (Å²) in [5.74, 6) is -0.394. The molecule has 0 unspecified atom stereocenters. The molecule has 2 N–H and O–H groups in total. The van der Waals surface area contributed by atoms with Gasteiger partial charge in [0.1, 0.15) is 0 Å². The predicted octanol–water partition coefficient (Wildman–Crippen LogP) is 2.83. The van der Waals surface area contributed by atoms with Crippen molar-refractivity contribution in [2.24, 2.45) is 0 Å². The molecule has 0 bridgehead atoms. The number of hydrogen-bond acceptors (Lipinski definition) is 4. The number of nitrogens with one attached hydrogen (secondary N) is 1. The molecule has 0 saturated carbocycles. The fraction of sp³-hybridized carbons (Fsp3) is 0.333. The third-order valence-corrected chi connectivity index (χ3v) is 3.61. The lowest BCUT2D eigenvalue weighted by Crippen LogP contribution is -2.25. The van der Waals surface area contributed by atoms with E-state index in [1.807, 2.05) is 30.3 Å². The number of unbranched alkanes of at least 4 members (excludes halogenated alkanes) is 2. The molecule has 0 aliphatic rings. The first-order valence-electron chi connectivity index (χ1n) is 7.97. The molecule has 1 amide bonds. The van der Waals surface area contributed by atoms with Crippen LogP contribution in [0.3, 0.4) is 0 Å². The summed E-state index contributed by atoms with van der Waals surface area (Å²) in [5.41, 5.74) is 2.00. The van der Waals surface area contributed by atoms with Gasteiger partial charge in [0.2, 0.25) is 0 Å². The quantitative estimate of drug-likeness (QED) is 0.727. The van der Waals surface area contributed by atoms with Gasteiger partial charge in [-0.2, -0.15) is 0 Å². The average Bonchev–Trinajstić information content (AvgIpc) is 2.58. The zero-order valence-corrected chi connectivity index (χ0v) is 13.7. The smallest absolute Gasteiger partial charge is 0.303 e. The third-order valence-electron chi connectivity index (χ3n) is 3.61. The number of aromatic nitrogens is 2. The van der Waals surface area contributed by atoms with Crippen LogP contribution in [0.5, 0.6) is 0 Å². The van der Waals surface area contributed by atoms with E-state index in [1.54, 1.807) is 13.1 Å². The lowest BCUT2D eigenvalue weighted by Gasteiger charge is -2.08. The van der Waals surface area contributed by atoms with Crippen LogP contribution in [0.1, 0.15) is 41.7 Å². The highest BCUT2D eigenvalue weighted by molar-refractivity contribution is 5.95. The molecule has 0 spiro atoms. The Morgan fingerprint density at radius 3 is 2.54 bits per heavy atom. The summed E-state index contributed by atoms with van der Waals surface area (Å²) in [5, 5.41) is 11.4. The van der Waals surface area contributed by atoms with Crippen molar-refractivity contribution in [2.75, 3.05) is 6.54 Å². The van der Waals surface area contributed by atoms with E-state index in [-0.39, 0.29) is 12.3 Å². The summed E-state index contributed by atoms with van der Waals surface area (Å²) in [6.45, 7) is 2.30. The molecule has 0 aliphatic carbocycles. The minimum atomic E-state index is -0.787. The number of amides is 1. The minimum absolute atomic E-state index is 0.168. The standard InChI is InChI=1S/C18H21N3O3/c1-13-15(18(24)19-11-7-3-6-10-16(22)23)12-20-17(21-13)14-8-4-2-5-9-14/h2,4-5,8-9,12H,3,6-7,10-11H2,1H3,(H,19,24)(H,22,23). The zero-order chi connectivity index (χ0) is 17.4. The first-order chi connectivity index (χ1) is 11.6. The maximum Gasteiger partial charge on any atom is 0.303 e. The van der Waals surface area contributed by atoms with E-state index >= 15 is 0 Å². The molecule has 126 valence electrons. The lowest BCUT2D eigenvalue weighted by atomic mass is 10.1. The Labute approximate surface area is 141 Å². The number of hydrogen-bond donors (Lipinski definition) is 2.